The van der Waals surface area contributed by atoms with Crippen molar-refractivity contribution in [1.29, 1.82) is 0 Å². The molecule has 9 aromatic carbocycles. The molecule has 224 valence electrons. The summed E-state index contributed by atoms with van der Waals surface area (Å²) in [4.78, 5) is 0. The highest BCUT2D eigenvalue weighted by molar-refractivity contribution is 6.14. The maximum Gasteiger partial charge on any atom is 0.0629 e. The van der Waals surface area contributed by atoms with Crippen LogP contribution in [0.4, 0.5) is 0 Å². The van der Waals surface area contributed by atoms with Crippen molar-refractivity contribution >= 4 is 43.1 Å². The summed E-state index contributed by atoms with van der Waals surface area (Å²) >= 11 is 0. The van der Waals surface area contributed by atoms with Gasteiger partial charge in [-0.2, -0.15) is 0 Å². The van der Waals surface area contributed by atoms with Gasteiger partial charge in [0, 0.05) is 5.41 Å². The van der Waals surface area contributed by atoms with Gasteiger partial charge in [0.1, 0.15) is 0 Å². The molecule has 0 bridgehead atoms. The van der Waals surface area contributed by atoms with Crippen molar-refractivity contribution in [2.75, 3.05) is 0 Å². The molecule has 0 aliphatic heterocycles. The minimum Gasteiger partial charge on any atom is -0.0622 e. The Bertz CT molecular complexity index is 2930. The molecule has 0 heteroatoms. The minimum atomic E-state index is -0.486. The molecular weight excluding hydrogens is 577 g/mol. The lowest BCUT2D eigenvalue weighted by atomic mass is 9.73. The van der Waals surface area contributed by atoms with Crippen LogP contribution in [0.25, 0.3) is 76.5 Å². The summed E-state index contributed by atoms with van der Waals surface area (Å²) in [5, 5.41) is 8.77. The number of hydrogen-bond donors (Lipinski definition) is 0. The topological polar surface area (TPSA) is 0 Å². The lowest BCUT2D eigenvalue weighted by Gasteiger charge is -2.28. The third kappa shape index (κ3) is 3.90. The van der Waals surface area contributed by atoms with Gasteiger partial charge >= 0.3 is 0 Å². The van der Waals surface area contributed by atoms with E-state index in [-0.39, 0.29) is 24.2 Å². The lowest BCUT2D eigenvalue weighted by molar-refractivity contribution is 0.714. The average Bonchev–Trinajstić information content (AvgIpc) is 3.45. The summed E-state index contributed by atoms with van der Waals surface area (Å²) in [6, 6.07) is 52.3. The lowest BCUT2D eigenvalue weighted by Crippen LogP contribution is -2.22. The quantitative estimate of drug-likeness (QED) is 0.138. The van der Waals surface area contributed by atoms with Gasteiger partial charge in [0.25, 0.3) is 0 Å². The SMILES string of the molecule is [2H]c1c([2H])c(-c2cccc3cc4ccc5ccccc5c4cc23)c([2H])c([2H])c1-c1ccc2c(c1)C(C)(c1ccccc1)c1ccc3ccccc3c1-2. The molecule has 0 heterocycles. The Morgan fingerprint density at radius 2 is 1.04 bits per heavy atom. The van der Waals surface area contributed by atoms with Gasteiger partial charge in [0.15, 0.2) is 0 Å². The largest absolute Gasteiger partial charge is 0.0629 e. The minimum absolute atomic E-state index is 0.0397. The third-order valence-corrected chi connectivity index (χ3v) is 10.6. The molecule has 1 aliphatic carbocycles. The van der Waals surface area contributed by atoms with Gasteiger partial charge in [0.2, 0.25) is 0 Å². The van der Waals surface area contributed by atoms with Gasteiger partial charge in [-0.15, -0.1) is 0 Å². The summed E-state index contributed by atoms with van der Waals surface area (Å²) in [7, 11) is 0. The van der Waals surface area contributed by atoms with Crippen molar-refractivity contribution in [3.8, 4) is 33.4 Å². The van der Waals surface area contributed by atoms with Gasteiger partial charge in [-0.1, -0.05) is 158 Å². The first-order valence-corrected chi connectivity index (χ1v) is 16.5. The fourth-order valence-corrected chi connectivity index (χ4v) is 8.13. The van der Waals surface area contributed by atoms with E-state index in [1.165, 1.54) is 21.9 Å². The van der Waals surface area contributed by atoms with E-state index >= 15 is 0 Å². The summed E-state index contributed by atoms with van der Waals surface area (Å²) in [6.45, 7) is 2.26. The molecule has 9 aromatic rings. The Morgan fingerprint density at radius 3 is 1.88 bits per heavy atom. The number of hydrogen-bond acceptors (Lipinski definition) is 0. The maximum atomic E-state index is 9.41. The van der Waals surface area contributed by atoms with Crippen LogP contribution in [-0.2, 0) is 5.41 Å². The van der Waals surface area contributed by atoms with E-state index < -0.39 is 5.41 Å². The van der Waals surface area contributed by atoms with E-state index in [1.807, 2.05) is 42.5 Å². The fourth-order valence-electron chi connectivity index (χ4n) is 8.13. The van der Waals surface area contributed by atoms with Crippen LogP contribution in [0.2, 0.25) is 0 Å². The first-order valence-electron chi connectivity index (χ1n) is 18.5. The molecule has 0 N–H and O–H groups in total. The normalized spacial score (nSPS) is 16.4. The second-order valence-electron chi connectivity index (χ2n) is 13.1. The molecule has 0 aromatic heterocycles. The van der Waals surface area contributed by atoms with E-state index in [4.69, 9.17) is 0 Å². The van der Waals surface area contributed by atoms with Crippen molar-refractivity contribution in [2.24, 2.45) is 0 Å². The second kappa shape index (κ2) is 10.3. The molecule has 0 amide bonds. The zero-order chi connectivity index (χ0) is 35.3. The van der Waals surface area contributed by atoms with Crippen LogP contribution in [-0.4, -0.2) is 0 Å². The molecule has 0 nitrogen and oxygen atoms in total. The monoisotopic (exact) mass is 612 g/mol. The molecule has 48 heavy (non-hydrogen) atoms. The summed E-state index contributed by atoms with van der Waals surface area (Å²) in [5.74, 6) is 0. The third-order valence-electron chi connectivity index (χ3n) is 10.6. The van der Waals surface area contributed by atoms with Crippen molar-refractivity contribution in [2.45, 2.75) is 12.3 Å². The molecule has 10 rings (SSSR count). The van der Waals surface area contributed by atoms with E-state index in [0.717, 1.165) is 49.0 Å². The Hall–Kier alpha value is -5.98. The molecular formula is C48H32. The van der Waals surface area contributed by atoms with Crippen LogP contribution in [0.1, 0.15) is 29.1 Å². The van der Waals surface area contributed by atoms with Crippen LogP contribution < -0.4 is 0 Å². The van der Waals surface area contributed by atoms with Gasteiger partial charge in [-0.3, -0.25) is 0 Å². The van der Waals surface area contributed by atoms with Crippen molar-refractivity contribution in [3.05, 3.63) is 193 Å². The highest BCUT2D eigenvalue weighted by Gasteiger charge is 2.41. The molecule has 0 spiro atoms. The number of fused-ring (bicyclic) bond motifs is 9. The maximum absolute atomic E-state index is 9.41. The predicted molar refractivity (Wildman–Crippen MR) is 205 cm³/mol. The summed E-state index contributed by atoms with van der Waals surface area (Å²) in [5.41, 5.74) is 7.33. The molecule has 1 atom stereocenters. The molecule has 1 unspecified atom stereocenters. The van der Waals surface area contributed by atoms with Crippen molar-refractivity contribution in [1.82, 2.24) is 0 Å². The van der Waals surface area contributed by atoms with Crippen molar-refractivity contribution in [3.63, 3.8) is 0 Å². The molecule has 0 radical (unpaired) electrons. The molecule has 0 saturated carbocycles. The van der Waals surface area contributed by atoms with Gasteiger partial charge in [0.05, 0.1) is 5.48 Å². The van der Waals surface area contributed by atoms with E-state index in [9.17, 15) is 5.48 Å². The highest BCUT2D eigenvalue weighted by atomic mass is 14.4. The van der Waals surface area contributed by atoms with Gasteiger partial charge < -0.3 is 0 Å². The van der Waals surface area contributed by atoms with E-state index in [2.05, 4.69) is 116 Å². The fraction of sp³-hybridized carbons (Fsp3) is 0.0417. The smallest absolute Gasteiger partial charge is 0.0622 e. The average molecular weight is 613 g/mol. The zero-order valence-electron chi connectivity index (χ0n) is 30.4. The van der Waals surface area contributed by atoms with Gasteiger partial charge in [-0.05, 0) is 118 Å². The first kappa shape index (κ1) is 23.4. The number of rotatable bonds is 3. The Kier molecular flexibility index (Phi) is 4.99. The van der Waals surface area contributed by atoms with Crippen LogP contribution in [0.3, 0.4) is 0 Å². The summed E-state index contributed by atoms with van der Waals surface area (Å²) in [6.07, 6.45) is 0. The molecule has 0 fully saturated rings. The van der Waals surface area contributed by atoms with Crippen LogP contribution in [0.15, 0.2) is 176 Å². The number of benzene rings is 9. The van der Waals surface area contributed by atoms with E-state index in [0.29, 0.717) is 22.3 Å². The van der Waals surface area contributed by atoms with Gasteiger partial charge in [-0.25, -0.2) is 0 Å². The van der Waals surface area contributed by atoms with Crippen molar-refractivity contribution < 1.29 is 5.48 Å². The van der Waals surface area contributed by atoms with Crippen LogP contribution >= 0.6 is 0 Å². The first-order chi connectivity index (χ1) is 25.3. The molecule has 1 aliphatic rings. The zero-order valence-corrected chi connectivity index (χ0v) is 26.4. The van der Waals surface area contributed by atoms with Crippen LogP contribution in [0, 0.1) is 0 Å². The highest BCUT2D eigenvalue weighted by Crippen LogP contribution is 2.55. The second-order valence-corrected chi connectivity index (χ2v) is 13.1. The predicted octanol–water partition coefficient (Wildman–Crippen LogP) is 13.0. The standard InChI is InChI=1S/C48H32/c1-48(38-13-3-2-4-14-38)45-27-25-33-11-6-8-16-41(33)47(45)42-26-24-35(29-46(42)48)31-18-20-34(21-19-31)40-17-9-12-36-28-37-23-22-32-10-5-7-15-39(32)44(37)30-43(36)40/h2-30H,1H3/i18D,19D,20D,21D. The Morgan fingerprint density at radius 1 is 0.396 bits per heavy atom. The van der Waals surface area contributed by atoms with E-state index in [1.54, 1.807) is 0 Å². The molecule has 0 saturated heterocycles. The Balaban J connectivity index is 1.19. The Labute approximate surface area is 286 Å². The van der Waals surface area contributed by atoms with Crippen LogP contribution in [0.5, 0.6) is 0 Å². The summed E-state index contributed by atoms with van der Waals surface area (Å²) < 4.78 is 37.6.